The van der Waals surface area contributed by atoms with Gasteiger partial charge in [0, 0.05) is 25.2 Å². The third-order valence-electron chi connectivity index (χ3n) is 4.89. The summed E-state index contributed by atoms with van der Waals surface area (Å²) in [5, 5.41) is 2.87. The molecule has 2 unspecified atom stereocenters. The summed E-state index contributed by atoms with van der Waals surface area (Å²) < 4.78 is 5.49. The molecule has 2 amide bonds. The van der Waals surface area contributed by atoms with Crippen molar-refractivity contribution in [1.29, 1.82) is 0 Å². The molecule has 6 nitrogen and oxygen atoms in total. The molecule has 0 radical (unpaired) electrons. The minimum atomic E-state index is -0.0593. The molecule has 2 fully saturated rings. The average molecular weight is 331 g/mol. The van der Waals surface area contributed by atoms with Gasteiger partial charge >= 0.3 is 0 Å². The molecule has 2 saturated heterocycles. The maximum absolute atomic E-state index is 12.5. The number of hydrogen-bond donors (Lipinski definition) is 1. The van der Waals surface area contributed by atoms with Gasteiger partial charge in [-0.25, -0.2) is 4.98 Å². The summed E-state index contributed by atoms with van der Waals surface area (Å²) in [7, 11) is 0. The van der Waals surface area contributed by atoms with Gasteiger partial charge in [-0.3, -0.25) is 9.59 Å². The lowest BCUT2D eigenvalue weighted by Crippen LogP contribution is -2.44. The van der Waals surface area contributed by atoms with Crippen LogP contribution in [-0.4, -0.2) is 47.5 Å². The van der Waals surface area contributed by atoms with Gasteiger partial charge in [0.25, 0.3) is 0 Å². The number of piperidine rings is 1. The second kappa shape index (κ2) is 7.30. The van der Waals surface area contributed by atoms with Crippen LogP contribution in [0.1, 0.15) is 31.7 Å². The van der Waals surface area contributed by atoms with E-state index in [0.717, 1.165) is 12.0 Å². The lowest BCUT2D eigenvalue weighted by atomic mass is 9.94. The zero-order valence-electron chi connectivity index (χ0n) is 14.3. The number of pyridine rings is 1. The van der Waals surface area contributed by atoms with Gasteiger partial charge in [0.15, 0.2) is 0 Å². The van der Waals surface area contributed by atoms with Gasteiger partial charge in [0.1, 0.15) is 5.82 Å². The molecule has 2 atom stereocenters. The number of aromatic nitrogens is 1. The molecule has 0 aliphatic carbocycles. The van der Waals surface area contributed by atoms with Crippen molar-refractivity contribution in [3.8, 4) is 0 Å². The summed E-state index contributed by atoms with van der Waals surface area (Å²) in [5.41, 5.74) is 1.06. The van der Waals surface area contributed by atoms with Crippen LogP contribution in [0.5, 0.6) is 0 Å². The molecule has 1 N–H and O–H groups in total. The van der Waals surface area contributed by atoms with Crippen molar-refractivity contribution in [3.05, 3.63) is 23.9 Å². The topological polar surface area (TPSA) is 71.5 Å². The van der Waals surface area contributed by atoms with Crippen LogP contribution in [0.15, 0.2) is 18.3 Å². The van der Waals surface area contributed by atoms with Crippen molar-refractivity contribution in [3.63, 3.8) is 0 Å². The molecular weight excluding hydrogens is 306 g/mol. The average Bonchev–Trinajstić information content (AvgIpc) is 3.03. The maximum atomic E-state index is 12.5. The van der Waals surface area contributed by atoms with Crippen LogP contribution in [0.25, 0.3) is 0 Å². The van der Waals surface area contributed by atoms with Crippen LogP contribution < -0.4 is 5.32 Å². The summed E-state index contributed by atoms with van der Waals surface area (Å²) in [6.07, 6.45) is 4.11. The molecule has 0 bridgehead atoms. The Kier molecular flexibility index (Phi) is 5.14. The van der Waals surface area contributed by atoms with Crippen LogP contribution in [0.3, 0.4) is 0 Å². The molecule has 3 rings (SSSR count). The summed E-state index contributed by atoms with van der Waals surface area (Å²) in [6.45, 7) is 5.77. The van der Waals surface area contributed by atoms with Crippen LogP contribution in [0.2, 0.25) is 0 Å². The standard InChI is InChI=1S/C18H25N3O3/c1-12-3-4-16(19-10-12)20-17(22)14-5-7-21(8-6-14)18(23)15-9-13(2)24-11-15/h3-4,10,13-15H,5-9,11H2,1-2H3,(H,19,20,22). The Bertz CT molecular complexity index is 594. The van der Waals surface area contributed by atoms with Crippen molar-refractivity contribution in [2.24, 2.45) is 11.8 Å². The normalized spacial score (nSPS) is 24.8. The van der Waals surface area contributed by atoms with Crippen molar-refractivity contribution >= 4 is 17.6 Å². The number of nitrogens with one attached hydrogen (secondary N) is 1. The first-order valence-corrected chi connectivity index (χ1v) is 8.67. The van der Waals surface area contributed by atoms with Crippen molar-refractivity contribution < 1.29 is 14.3 Å². The van der Waals surface area contributed by atoms with Crippen LogP contribution in [0, 0.1) is 18.8 Å². The number of ether oxygens (including phenoxy) is 1. The maximum Gasteiger partial charge on any atom is 0.228 e. The molecule has 2 aliphatic heterocycles. The molecule has 0 aromatic carbocycles. The van der Waals surface area contributed by atoms with Gasteiger partial charge < -0.3 is 15.0 Å². The van der Waals surface area contributed by atoms with Gasteiger partial charge in [-0.2, -0.15) is 0 Å². The van der Waals surface area contributed by atoms with Crippen molar-refractivity contribution in [2.45, 2.75) is 39.2 Å². The fourth-order valence-corrected chi connectivity index (χ4v) is 3.38. The molecule has 0 saturated carbocycles. The van der Waals surface area contributed by atoms with Gasteiger partial charge in [-0.15, -0.1) is 0 Å². The highest BCUT2D eigenvalue weighted by molar-refractivity contribution is 5.92. The lowest BCUT2D eigenvalue weighted by molar-refractivity contribution is -0.138. The SMILES string of the molecule is Cc1ccc(NC(=O)C2CCN(C(=O)C3COC(C)C3)CC2)nc1. The Morgan fingerprint density at radius 2 is 2.00 bits per heavy atom. The third-order valence-corrected chi connectivity index (χ3v) is 4.89. The predicted octanol–water partition coefficient (Wildman–Crippen LogP) is 1.99. The van der Waals surface area contributed by atoms with Gasteiger partial charge in [-0.1, -0.05) is 6.07 Å². The number of amides is 2. The van der Waals surface area contributed by atoms with Gasteiger partial charge in [0.05, 0.1) is 18.6 Å². The number of aryl methyl sites for hydroxylation is 1. The zero-order chi connectivity index (χ0) is 17.1. The number of nitrogens with zero attached hydrogens (tertiary/aromatic N) is 2. The quantitative estimate of drug-likeness (QED) is 0.919. The molecule has 0 spiro atoms. The fraction of sp³-hybridized carbons (Fsp3) is 0.611. The fourth-order valence-electron chi connectivity index (χ4n) is 3.38. The van der Waals surface area contributed by atoms with E-state index in [-0.39, 0.29) is 29.8 Å². The Balaban J connectivity index is 1.48. The summed E-state index contributed by atoms with van der Waals surface area (Å²) in [6, 6.07) is 3.74. The zero-order valence-corrected chi connectivity index (χ0v) is 14.3. The third kappa shape index (κ3) is 3.93. The summed E-state index contributed by atoms with van der Waals surface area (Å²) in [4.78, 5) is 30.9. The molecule has 6 heteroatoms. The number of carbonyl (C=O) groups is 2. The Morgan fingerprint density at radius 1 is 1.25 bits per heavy atom. The largest absolute Gasteiger partial charge is 0.378 e. The van der Waals surface area contributed by atoms with E-state index in [9.17, 15) is 9.59 Å². The van der Waals surface area contributed by atoms with E-state index in [4.69, 9.17) is 4.74 Å². The molecule has 24 heavy (non-hydrogen) atoms. The van der Waals surface area contributed by atoms with E-state index < -0.39 is 0 Å². The highest BCUT2D eigenvalue weighted by atomic mass is 16.5. The molecule has 1 aromatic heterocycles. The first kappa shape index (κ1) is 16.9. The second-order valence-corrected chi connectivity index (χ2v) is 6.89. The highest BCUT2D eigenvalue weighted by Crippen LogP contribution is 2.25. The highest BCUT2D eigenvalue weighted by Gasteiger charge is 2.34. The van der Waals surface area contributed by atoms with E-state index in [1.165, 1.54) is 0 Å². The van der Waals surface area contributed by atoms with Crippen molar-refractivity contribution in [2.75, 3.05) is 25.0 Å². The first-order valence-electron chi connectivity index (χ1n) is 8.67. The van der Waals surface area contributed by atoms with E-state index in [0.29, 0.717) is 38.4 Å². The number of rotatable bonds is 3. The van der Waals surface area contributed by atoms with Crippen molar-refractivity contribution in [1.82, 2.24) is 9.88 Å². The monoisotopic (exact) mass is 331 g/mol. The number of carbonyl (C=O) groups excluding carboxylic acids is 2. The van der Waals surface area contributed by atoms with Gasteiger partial charge in [0.2, 0.25) is 11.8 Å². The Morgan fingerprint density at radius 3 is 2.58 bits per heavy atom. The minimum Gasteiger partial charge on any atom is -0.378 e. The molecule has 3 heterocycles. The number of hydrogen-bond acceptors (Lipinski definition) is 4. The van der Waals surface area contributed by atoms with E-state index >= 15 is 0 Å². The molecule has 130 valence electrons. The van der Waals surface area contributed by atoms with E-state index in [1.54, 1.807) is 6.20 Å². The minimum absolute atomic E-state index is 0.00345. The Labute approximate surface area is 142 Å². The van der Waals surface area contributed by atoms with Crippen LogP contribution >= 0.6 is 0 Å². The summed E-state index contributed by atoms with van der Waals surface area (Å²) in [5.74, 6) is 0.689. The van der Waals surface area contributed by atoms with Crippen LogP contribution in [0.4, 0.5) is 5.82 Å². The Hall–Kier alpha value is -1.95. The summed E-state index contributed by atoms with van der Waals surface area (Å²) >= 11 is 0. The van der Waals surface area contributed by atoms with Crippen LogP contribution in [-0.2, 0) is 14.3 Å². The predicted molar refractivity (Wildman–Crippen MR) is 90.4 cm³/mol. The first-order chi connectivity index (χ1) is 11.5. The van der Waals surface area contributed by atoms with Gasteiger partial charge in [-0.05, 0) is 44.7 Å². The van der Waals surface area contributed by atoms with E-state index in [2.05, 4.69) is 10.3 Å². The second-order valence-electron chi connectivity index (χ2n) is 6.89. The molecule has 1 aromatic rings. The molecular formula is C18H25N3O3. The number of likely N-dealkylation sites (tertiary alicyclic amines) is 1. The van der Waals surface area contributed by atoms with E-state index in [1.807, 2.05) is 30.9 Å². The smallest absolute Gasteiger partial charge is 0.228 e. The molecule has 2 aliphatic rings. The number of anilines is 1. The lowest BCUT2D eigenvalue weighted by Gasteiger charge is -2.32.